The van der Waals surface area contributed by atoms with Crippen LogP contribution < -0.4 is 0 Å². The largest absolute Gasteiger partial charge is 0.507 e. The summed E-state index contributed by atoms with van der Waals surface area (Å²) in [6.45, 7) is 6.96. The first-order chi connectivity index (χ1) is 15.6. The number of phenolic OH excluding ortho intramolecular Hbond substituents is 1. The molecule has 0 radical (unpaired) electrons. The number of hydrogen-bond acceptors (Lipinski definition) is 5. The third-order valence-electron chi connectivity index (χ3n) is 6.01. The standard InChI is InChI=1S/C25H27N3O5/c1-25(2,3)28-23(32)17-10-9-16(15-19(17)24(28)33)21(30)26-11-6-12-27(14-13-26)22(31)18-7-4-5-8-20(18)29/h4-5,7-10,15,29H,6,11-14H2,1-3H3. The summed E-state index contributed by atoms with van der Waals surface area (Å²) >= 11 is 0. The van der Waals surface area contributed by atoms with Crippen molar-refractivity contribution in [1.82, 2.24) is 14.7 Å². The number of nitrogens with zero attached hydrogens (tertiary/aromatic N) is 3. The van der Waals surface area contributed by atoms with E-state index in [-0.39, 0.29) is 34.6 Å². The van der Waals surface area contributed by atoms with Crippen LogP contribution in [0.4, 0.5) is 0 Å². The Kier molecular flexibility index (Phi) is 5.69. The van der Waals surface area contributed by atoms with Gasteiger partial charge in [-0.1, -0.05) is 12.1 Å². The van der Waals surface area contributed by atoms with Crippen molar-refractivity contribution in [2.45, 2.75) is 32.7 Å². The minimum atomic E-state index is -0.661. The van der Waals surface area contributed by atoms with Gasteiger partial charge in [0.2, 0.25) is 0 Å². The highest BCUT2D eigenvalue weighted by atomic mass is 16.3. The molecule has 172 valence electrons. The van der Waals surface area contributed by atoms with Crippen LogP contribution in [0.25, 0.3) is 0 Å². The molecule has 4 rings (SSSR count). The first-order valence-electron chi connectivity index (χ1n) is 11.0. The molecule has 0 bridgehead atoms. The van der Waals surface area contributed by atoms with Crippen LogP contribution in [0, 0.1) is 0 Å². The van der Waals surface area contributed by atoms with Crippen LogP contribution in [0.1, 0.15) is 68.6 Å². The molecule has 33 heavy (non-hydrogen) atoms. The Morgan fingerprint density at radius 1 is 0.818 bits per heavy atom. The Morgan fingerprint density at radius 2 is 1.42 bits per heavy atom. The van der Waals surface area contributed by atoms with Gasteiger partial charge < -0.3 is 14.9 Å². The van der Waals surface area contributed by atoms with E-state index in [1.807, 2.05) is 0 Å². The highest BCUT2D eigenvalue weighted by molar-refractivity contribution is 6.22. The van der Waals surface area contributed by atoms with Crippen LogP contribution in [0.5, 0.6) is 5.75 Å². The molecule has 1 fully saturated rings. The maximum Gasteiger partial charge on any atom is 0.262 e. The van der Waals surface area contributed by atoms with E-state index < -0.39 is 11.4 Å². The van der Waals surface area contributed by atoms with E-state index in [1.165, 1.54) is 17.0 Å². The third-order valence-corrected chi connectivity index (χ3v) is 6.01. The molecule has 2 aliphatic heterocycles. The summed E-state index contributed by atoms with van der Waals surface area (Å²) in [6, 6.07) is 11.0. The van der Waals surface area contributed by atoms with Crippen molar-refractivity contribution in [2.75, 3.05) is 26.2 Å². The number of carbonyl (C=O) groups excluding carboxylic acids is 4. The fourth-order valence-electron chi connectivity index (χ4n) is 4.31. The van der Waals surface area contributed by atoms with Gasteiger partial charge in [0, 0.05) is 37.3 Å². The van der Waals surface area contributed by atoms with Crippen LogP contribution in [-0.4, -0.2) is 75.2 Å². The van der Waals surface area contributed by atoms with Crippen LogP contribution in [0.15, 0.2) is 42.5 Å². The molecule has 0 unspecified atom stereocenters. The highest BCUT2D eigenvalue weighted by Crippen LogP contribution is 2.30. The van der Waals surface area contributed by atoms with E-state index in [1.54, 1.807) is 60.9 Å². The first-order valence-corrected chi connectivity index (χ1v) is 11.0. The van der Waals surface area contributed by atoms with E-state index in [2.05, 4.69) is 0 Å². The quantitative estimate of drug-likeness (QED) is 0.711. The van der Waals surface area contributed by atoms with Gasteiger partial charge in [0.1, 0.15) is 5.75 Å². The molecule has 1 saturated heterocycles. The maximum absolute atomic E-state index is 13.2. The molecule has 2 aromatic carbocycles. The lowest BCUT2D eigenvalue weighted by Gasteiger charge is -2.29. The van der Waals surface area contributed by atoms with Crippen molar-refractivity contribution in [3.05, 3.63) is 64.7 Å². The molecule has 2 heterocycles. The fraction of sp³-hybridized carbons (Fsp3) is 0.360. The predicted molar refractivity (Wildman–Crippen MR) is 121 cm³/mol. The molecular formula is C25H27N3O5. The lowest BCUT2D eigenvalue weighted by Crippen LogP contribution is -2.45. The molecule has 0 spiro atoms. The van der Waals surface area contributed by atoms with E-state index in [4.69, 9.17) is 0 Å². The molecule has 4 amide bonds. The van der Waals surface area contributed by atoms with E-state index >= 15 is 0 Å². The van der Waals surface area contributed by atoms with Gasteiger partial charge in [0.15, 0.2) is 0 Å². The van der Waals surface area contributed by atoms with Gasteiger partial charge in [-0.15, -0.1) is 0 Å². The van der Waals surface area contributed by atoms with Crippen molar-refractivity contribution in [3.63, 3.8) is 0 Å². The second-order valence-corrected chi connectivity index (χ2v) is 9.33. The number of hydrogen-bond donors (Lipinski definition) is 1. The number of carbonyl (C=O) groups is 4. The molecule has 2 aliphatic rings. The smallest absolute Gasteiger partial charge is 0.262 e. The van der Waals surface area contributed by atoms with Crippen LogP contribution in [0.2, 0.25) is 0 Å². The Bertz CT molecular complexity index is 1150. The van der Waals surface area contributed by atoms with Gasteiger partial charge in [-0.3, -0.25) is 24.1 Å². The zero-order valence-electron chi connectivity index (χ0n) is 19.0. The minimum absolute atomic E-state index is 0.0682. The summed E-state index contributed by atoms with van der Waals surface area (Å²) < 4.78 is 0. The number of fused-ring (bicyclic) bond motifs is 1. The molecule has 0 saturated carbocycles. The first kappa shape index (κ1) is 22.5. The van der Waals surface area contributed by atoms with Crippen molar-refractivity contribution in [2.24, 2.45) is 0 Å². The Hall–Kier alpha value is -3.68. The zero-order chi connectivity index (χ0) is 23.9. The summed E-state index contributed by atoms with van der Waals surface area (Å²) in [5.74, 6) is -1.33. The van der Waals surface area contributed by atoms with E-state index in [0.717, 1.165) is 0 Å². The number of rotatable bonds is 2. The van der Waals surface area contributed by atoms with E-state index in [0.29, 0.717) is 43.7 Å². The lowest BCUT2D eigenvalue weighted by molar-refractivity contribution is 0.0507. The average molecular weight is 450 g/mol. The normalized spacial score (nSPS) is 16.6. The number of amides is 4. The molecule has 8 heteroatoms. The number of para-hydroxylation sites is 1. The van der Waals surface area contributed by atoms with Crippen LogP contribution >= 0.6 is 0 Å². The molecule has 0 atom stereocenters. The second kappa shape index (κ2) is 8.35. The van der Waals surface area contributed by atoms with Crippen molar-refractivity contribution >= 4 is 23.6 Å². The van der Waals surface area contributed by atoms with E-state index in [9.17, 15) is 24.3 Å². The number of phenols is 1. The highest BCUT2D eigenvalue weighted by Gasteiger charge is 2.42. The summed E-state index contributed by atoms with van der Waals surface area (Å²) in [7, 11) is 0. The second-order valence-electron chi connectivity index (χ2n) is 9.33. The van der Waals surface area contributed by atoms with Gasteiger partial charge in [-0.25, -0.2) is 0 Å². The van der Waals surface area contributed by atoms with Crippen molar-refractivity contribution in [1.29, 1.82) is 0 Å². The van der Waals surface area contributed by atoms with Crippen molar-refractivity contribution < 1.29 is 24.3 Å². The Morgan fingerprint density at radius 3 is 2.06 bits per heavy atom. The lowest BCUT2D eigenvalue weighted by atomic mass is 10.0. The Labute approximate surface area is 192 Å². The number of benzene rings is 2. The van der Waals surface area contributed by atoms with Crippen LogP contribution in [-0.2, 0) is 0 Å². The van der Waals surface area contributed by atoms with Crippen LogP contribution in [0.3, 0.4) is 0 Å². The predicted octanol–water partition coefficient (Wildman–Crippen LogP) is 2.78. The zero-order valence-corrected chi connectivity index (χ0v) is 19.0. The molecule has 2 aromatic rings. The summed E-state index contributed by atoms with van der Waals surface area (Å²) in [6.07, 6.45) is 0.589. The average Bonchev–Trinajstić information content (AvgIpc) is 2.92. The maximum atomic E-state index is 13.2. The minimum Gasteiger partial charge on any atom is -0.507 e. The summed E-state index contributed by atoms with van der Waals surface area (Å²) in [5.41, 5.74) is 0.466. The van der Waals surface area contributed by atoms with Crippen molar-refractivity contribution in [3.8, 4) is 5.75 Å². The van der Waals surface area contributed by atoms with Gasteiger partial charge in [0.05, 0.1) is 16.7 Å². The molecule has 8 nitrogen and oxygen atoms in total. The monoisotopic (exact) mass is 449 g/mol. The molecule has 0 aromatic heterocycles. The SMILES string of the molecule is CC(C)(C)N1C(=O)c2ccc(C(=O)N3CCCN(C(=O)c4ccccc4O)CC3)cc2C1=O. The summed E-state index contributed by atoms with van der Waals surface area (Å²) in [5, 5.41) is 9.99. The fourth-order valence-corrected chi connectivity index (χ4v) is 4.31. The van der Waals surface area contributed by atoms with Gasteiger partial charge in [0.25, 0.3) is 23.6 Å². The molecular weight excluding hydrogens is 422 g/mol. The Balaban J connectivity index is 1.50. The molecule has 0 aliphatic carbocycles. The third kappa shape index (κ3) is 4.08. The number of aromatic hydroxyl groups is 1. The van der Waals surface area contributed by atoms with Gasteiger partial charge >= 0.3 is 0 Å². The topological polar surface area (TPSA) is 98.2 Å². The summed E-state index contributed by atoms with van der Waals surface area (Å²) in [4.78, 5) is 56.1. The van der Waals surface area contributed by atoms with Gasteiger partial charge in [-0.05, 0) is 57.5 Å². The molecule has 1 N–H and O–H groups in total. The number of imide groups is 1. The van der Waals surface area contributed by atoms with Gasteiger partial charge in [-0.2, -0.15) is 0 Å².